The fraction of sp³-hybridized carbons (Fsp3) is 0.320. The Morgan fingerprint density at radius 3 is 2.58 bits per heavy atom. The van der Waals surface area contributed by atoms with E-state index in [2.05, 4.69) is 6.92 Å². The van der Waals surface area contributed by atoms with Gasteiger partial charge in [-0.15, -0.1) is 0 Å². The number of hydrogen-bond donors (Lipinski definition) is 0. The SMILES string of the molecule is CCOc1ccc(CN(C)C(=O)CCc2c(C)nc3c4ccccc4nn3c2C)cc1. The van der Waals surface area contributed by atoms with Crippen molar-refractivity contribution < 1.29 is 9.53 Å². The fourth-order valence-corrected chi connectivity index (χ4v) is 3.98. The van der Waals surface area contributed by atoms with Crippen LogP contribution >= 0.6 is 0 Å². The van der Waals surface area contributed by atoms with Gasteiger partial charge in [0.1, 0.15) is 5.75 Å². The highest BCUT2D eigenvalue weighted by atomic mass is 16.5. The lowest BCUT2D eigenvalue weighted by atomic mass is 10.1. The highest BCUT2D eigenvalue weighted by Crippen LogP contribution is 2.23. The number of rotatable bonds is 7. The Labute approximate surface area is 182 Å². The zero-order chi connectivity index (χ0) is 22.0. The summed E-state index contributed by atoms with van der Waals surface area (Å²) in [6.07, 6.45) is 1.08. The Bertz CT molecular complexity index is 1230. The first-order chi connectivity index (χ1) is 15.0. The molecule has 1 amide bonds. The number of benzene rings is 2. The average Bonchev–Trinajstić information content (AvgIpc) is 3.14. The van der Waals surface area contributed by atoms with E-state index in [9.17, 15) is 4.79 Å². The standard InChI is InChI=1S/C25H28N4O2/c1-5-31-20-12-10-19(11-13-20)16-28(4)24(30)15-14-21-17(2)26-25-22-8-6-7-9-23(22)27-29(25)18(21)3/h6-13H,5,14-16H2,1-4H3. The minimum Gasteiger partial charge on any atom is -0.494 e. The van der Waals surface area contributed by atoms with Crippen LogP contribution in [0.15, 0.2) is 48.5 Å². The minimum atomic E-state index is 0.110. The maximum Gasteiger partial charge on any atom is 0.222 e. The summed E-state index contributed by atoms with van der Waals surface area (Å²) >= 11 is 0. The van der Waals surface area contributed by atoms with Crippen LogP contribution in [0, 0.1) is 13.8 Å². The predicted octanol–water partition coefficient (Wildman–Crippen LogP) is 4.49. The van der Waals surface area contributed by atoms with Gasteiger partial charge in [-0.1, -0.05) is 24.3 Å². The van der Waals surface area contributed by atoms with E-state index in [1.807, 2.05) is 73.9 Å². The second kappa shape index (κ2) is 8.76. The molecule has 0 radical (unpaired) electrons. The largest absolute Gasteiger partial charge is 0.494 e. The molecule has 0 aliphatic heterocycles. The molecule has 0 bridgehead atoms. The van der Waals surface area contributed by atoms with E-state index in [1.54, 1.807) is 4.90 Å². The van der Waals surface area contributed by atoms with E-state index in [-0.39, 0.29) is 5.91 Å². The molecular formula is C25H28N4O2. The monoisotopic (exact) mass is 416 g/mol. The van der Waals surface area contributed by atoms with Crippen molar-refractivity contribution in [1.29, 1.82) is 0 Å². The molecule has 4 rings (SSSR count). The molecule has 160 valence electrons. The Morgan fingerprint density at radius 1 is 1.10 bits per heavy atom. The van der Waals surface area contributed by atoms with Crippen LogP contribution in [-0.2, 0) is 17.8 Å². The van der Waals surface area contributed by atoms with Crippen LogP contribution in [-0.4, -0.2) is 39.1 Å². The van der Waals surface area contributed by atoms with Crippen LogP contribution in [0.3, 0.4) is 0 Å². The predicted molar refractivity (Wildman–Crippen MR) is 122 cm³/mol. The van der Waals surface area contributed by atoms with Gasteiger partial charge in [-0.3, -0.25) is 4.79 Å². The highest BCUT2D eigenvalue weighted by Gasteiger charge is 2.16. The number of nitrogens with zero attached hydrogens (tertiary/aromatic N) is 4. The van der Waals surface area contributed by atoms with Gasteiger partial charge in [-0.2, -0.15) is 5.10 Å². The summed E-state index contributed by atoms with van der Waals surface area (Å²) in [5, 5.41) is 5.75. The summed E-state index contributed by atoms with van der Waals surface area (Å²) in [5.74, 6) is 0.957. The molecule has 0 unspecified atom stereocenters. The van der Waals surface area contributed by atoms with Gasteiger partial charge in [0.25, 0.3) is 0 Å². The summed E-state index contributed by atoms with van der Waals surface area (Å²) < 4.78 is 7.38. The van der Waals surface area contributed by atoms with Gasteiger partial charge in [-0.25, -0.2) is 9.50 Å². The van der Waals surface area contributed by atoms with Gasteiger partial charge >= 0.3 is 0 Å². The third-order valence-electron chi connectivity index (χ3n) is 5.69. The van der Waals surface area contributed by atoms with E-state index in [1.165, 1.54) is 0 Å². The number of aromatic nitrogens is 3. The summed E-state index contributed by atoms with van der Waals surface area (Å²) in [4.78, 5) is 19.4. The molecule has 0 N–H and O–H groups in total. The van der Waals surface area contributed by atoms with Gasteiger partial charge in [0.2, 0.25) is 5.91 Å². The molecule has 0 saturated heterocycles. The lowest BCUT2D eigenvalue weighted by Gasteiger charge is -2.18. The molecule has 0 saturated carbocycles. The number of ether oxygens (including phenoxy) is 1. The lowest BCUT2D eigenvalue weighted by molar-refractivity contribution is -0.130. The number of aryl methyl sites for hydroxylation is 2. The number of hydrogen-bond acceptors (Lipinski definition) is 4. The molecule has 4 aromatic rings. The zero-order valence-corrected chi connectivity index (χ0v) is 18.6. The normalized spacial score (nSPS) is 11.2. The number of amides is 1. The van der Waals surface area contributed by atoms with Crippen LogP contribution in [0.5, 0.6) is 5.75 Å². The average molecular weight is 417 g/mol. The summed E-state index contributed by atoms with van der Waals surface area (Å²) in [7, 11) is 1.85. The smallest absolute Gasteiger partial charge is 0.222 e. The van der Waals surface area contributed by atoms with Crippen LogP contribution in [0.2, 0.25) is 0 Å². The number of carbonyl (C=O) groups excluding carboxylic acids is 1. The molecular weight excluding hydrogens is 388 g/mol. The molecule has 0 spiro atoms. The summed E-state index contributed by atoms with van der Waals surface area (Å²) in [5.41, 5.74) is 5.97. The molecule has 6 heteroatoms. The molecule has 0 aliphatic rings. The Morgan fingerprint density at radius 2 is 1.84 bits per heavy atom. The van der Waals surface area contributed by atoms with Crippen molar-refractivity contribution in [1.82, 2.24) is 19.5 Å². The third kappa shape index (κ3) is 4.24. The molecule has 0 fully saturated rings. The lowest BCUT2D eigenvalue weighted by Crippen LogP contribution is -2.26. The van der Waals surface area contributed by atoms with E-state index < -0.39 is 0 Å². The summed E-state index contributed by atoms with van der Waals surface area (Å²) in [6, 6.07) is 15.9. The van der Waals surface area contributed by atoms with Crippen LogP contribution in [0.25, 0.3) is 16.6 Å². The Balaban J connectivity index is 1.46. The van der Waals surface area contributed by atoms with Gasteiger partial charge in [0.05, 0.1) is 12.1 Å². The topological polar surface area (TPSA) is 59.7 Å². The van der Waals surface area contributed by atoms with Crippen molar-refractivity contribution in [2.24, 2.45) is 0 Å². The van der Waals surface area contributed by atoms with E-state index >= 15 is 0 Å². The van der Waals surface area contributed by atoms with Crippen molar-refractivity contribution in [2.45, 2.75) is 40.2 Å². The van der Waals surface area contributed by atoms with Gasteiger partial charge in [0, 0.05) is 36.8 Å². The van der Waals surface area contributed by atoms with Crippen molar-refractivity contribution >= 4 is 22.5 Å². The third-order valence-corrected chi connectivity index (χ3v) is 5.69. The molecule has 2 aromatic carbocycles. The highest BCUT2D eigenvalue weighted by molar-refractivity contribution is 5.92. The van der Waals surface area contributed by atoms with Crippen molar-refractivity contribution in [3.8, 4) is 5.75 Å². The van der Waals surface area contributed by atoms with E-state index in [4.69, 9.17) is 14.8 Å². The molecule has 31 heavy (non-hydrogen) atoms. The first-order valence-corrected chi connectivity index (χ1v) is 10.7. The van der Waals surface area contributed by atoms with E-state index in [0.29, 0.717) is 26.0 Å². The minimum absolute atomic E-state index is 0.110. The van der Waals surface area contributed by atoms with Gasteiger partial charge in [0.15, 0.2) is 5.65 Å². The Kier molecular flexibility index (Phi) is 5.89. The van der Waals surface area contributed by atoms with Gasteiger partial charge < -0.3 is 9.64 Å². The van der Waals surface area contributed by atoms with Crippen molar-refractivity contribution in [3.05, 3.63) is 71.0 Å². The molecule has 2 aromatic heterocycles. The first-order valence-electron chi connectivity index (χ1n) is 10.7. The molecule has 0 atom stereocenters. The first kappa shape index (κ1) is 20.8. The van der Waals surface area contributed by atoms with Gasteiger partial charge in [-0.05, 0) is 62.6 Å². The Hall–Kier alpha value is -3.41. The molecule has 6 nitrogen and oxygen atoms in total. The fourth-order valence-electron chi connectivity index (χ4n) is 3.98. The summed E-state index contributed by atoms with van der Waals surface area (Å²) in [6.45, 7) is 7.25. The van der Waals surface area contributed by atoms with Crippen LogP contribution < -0.4 is 4.74 Å². The van der Waals surface area contributed by atoms with Crippen molar-refractivity contribution in [3.63, 3.8) is 0 Å². The maximum atomic E-state index is 12.8. The second-order valence-electron chi connectivity index (χ2n) is 7.84. The number of carbonyl (C=O) groups is 1. The maximum absolute atomic E-state index is 12.8. The zero-order valence-electron chi connectivity index (χ0n) is 18.6. The molecule has 0 aliphatic carbocycles. The number of fused-ring (bicyclic) bond motifs is 3. The quantitative estimate of drug-likeness (QED) is 0.445. The second-order valence-corrected chi connectivity index (χ2v) is 7.84. The molecule has 2 heterocycles. The van der Waals surface area contributed by atoms with E-state index in [0.717, 1.165) is 44.8 Å². The van der Waals surface area contributed by atoms with Crippen molar-refractivity contribution in [2.75, 3.05) is 13.7 Å². The van der Waals surface area contributed by atoms with Crippen LogP contribution in [0.4, 0.5) is 0 Å². The van der Waals surface area contributed by atoms with Crippen LogP contribution in [0.1, 0.15) is 35.9 Å².